The van der Waals surface area contributed by atoms with E-state index in [0.717, 1.165) is 50.7 Å². The zero-order chi connectivity index (χ0) is 26.1. The molecule has 0 aliphatic carbocycles. The highest BCUT2D eigenvalue weighted by atomic mass is 32.2. The number of carboxylic acid groups (broad SMARTS) is 3. The lowest BCUT2D eigenvalue weighted by molar-refractivity contribution is -0.140. The first-order valence-electron chi connectivity index (χ1n) is 12.3. The van der Waals surface area contributed by atoms with E-state index in [1.54, 1.807) is 0 Å². The molecule has 12 nitrogen and oxygen atoms in total. The summed E-state index contributed by atoms with van der Waals surface area (Å²) in [4.78, 5) is 42.7. The molecule has 9 N–H and O–H groups in total. The van der Waals surface area contributed by atoms with Crippen LogP contribution in [0, 0.1) is 0 Å². The molecule has 13 heteroatoms. The Bertz CT molecular complexity index is 670. The van der Waals surface area contributed by atoms with Gasteiger partial charge in [-0.15, -0.1) is 0 Å². The topological polar surface area (TPSA) is 203 Å². The van der Waals surface area contributed by atoms with E-state index >= 15 is 0 Å². The van der Waals surface area contributed by atoms with Crippen LogP contribution in [0.25, 0.3) is 0 Å². The van der Waals surface area contributed by atoms with Gasteiger partial charge >= 0.3 is 23.9 Å². The number of amides is 2. The minimum atomic E-state index is -0.879. The fourth-order valence-corrected chi connectivity index (χ4v) is 5.42. The highest BCUT2D eigenvalue weighted by Crippen LogP contribution is 2.33. The van der Waals surface area contributed by atoms with E-state index < -0.39 is 23.9 Å². The minimum absolute atomic E-state index is 0.0640. The van der Waals surface area contributed by atoms with Gasteiger partial charge in [0, 0.05) is 30.4 Å². The van der Waals surface area contributed by atoms with Crippen molar-refractivity contribution >= 4 is 35.7 Å². The number of unbranched alkanes of at least 4 members (excludes halogenated alkanes) is 4. The van der Waals surface area contributed by atoms with E-state index in [1.807, 2.05) is 11.8 Å². The van der Waals surface area contributed by atoms with Gasteiger partial charge in [-0.1, -0.05) is 12.8 Å². The van der Waals surface area contributed by atoms with Crippen LogP contribution in [0.5, 0.6) is 0 Å². The number of hydrazine groups is 1. The third-order valence-electron chi connectivity index (χ3n) is 5.78. The fourth-order valence-electron chi connectivity index (χ4n) is 3.88. The van der Waals surface area contributed by atoms with Crippen LogP contribution in [-0.4, -0.2) is 81.5 Å². The quantitative estimate of drug-likeness (QED) is 0.0731. The predicted octanol–water partition coefficient (Wildman–Crippen LogP) is 1.10. The second-order valence-corrected chi connectivity index (χ2v) is 9.98. The Morgan fingerprint density at radius 1 is 0.971 bits per heavy atom. The van der Waals surface area contributed by atoms with Crippen molar-refractivity contribution in [3.63, 3.8) is 0 Å². The lowest BCUT2D eigenvalue weighted by Crippen LogP contribution is -2.45. The van der Waals surface area contributed by atoms with Crippen molar-refractivity contribution in [1.82, 2.24) is 21.5 Å². The van der Waals surface area contributed by atoms with Gasteiger partial charge in [-0.3, -0.25) is 19.8 Å². The van der Waals surface area contributed by atoms with Crippen molar-refractivity contribution in [3.05, 3.63) is 0 Å². The summed E-state index contributed by atoms with van der Waals surface area (Å²) in [5.41, 5.74) is 11.0. The van der Waals surface area contributed by atoms with Crippen LogP contribution in [0.3, 0.4) is 0 Å². The second-order valence-electron chi connectivity index (χ2n) is 8.71. The third-order valence-corrected chi connectivity index (χ3v) is 7.29. The van der Waals surface area contributed by atoms with Crippen LogP contribution >= 0.6 is 11.8 Å². The van der Waals surface area contributed by atoms with Gasteiger partial charge in [-0.25, -0.2) is 10.2 Å². The molecule has 0 saturated carbocycles. The number of carbonyl (C=O) groups excluding carboxylic acids is 1. The smallest absolute Gasteiger partial charge is 0.322 e. The first kappa shape index (κ1) is 30.9. The van der Waals surface area contributed by atoms with Crippen molar-refractivity contribution in [1.29, 1.82) is 0 Å². The molecule has 0 aromatic heterocycles. The van der Waals surface area contributed by atoms with Crippen LogP contribution in [0.2, 0.25) is 0 Å². The van der Waals surface area contributed by atoms with Crippen LogP contribution in [-0.2, 0) is 14.4 Å². The largest absolute Gasteiger partial charge is 0.481 e. The SMILES string of the molecule is NCCCC[C@H](NNCCCCCC(=O)O)C(=O)O.O=C(O)CCCC[C@@H]1SC[C@@H]2NC(=O)N[C@@H]21. The number of hydrogen-bond donors (Lipinski definition) is 8. The third kappa shape index (κ3) is 14.2. The molecule has 2 heterocycles. The highest BCUT2D eigenvalue weighted by Gasteiger charge is 2.42. The van der Waals surface area contributed by atoms with Crippen LogP contribution in [0.15, 0.2) is 0 Å². The number of urea groups is 1. The van der Waals surface area contributed by atoms with E-state index in [-0.39, 0.29) is 31.0 Å². The van der Waals surface area contributed by atoms with Crippen molar-refractivity contribution in [2.75, 3.05) is 18.8 Å². The van der Waals surface area contributed by atoms with Crippen molar-refractivity contribution in [2.24, 2.45) is 5.73 Å². The molecule has 0 bridgehead atoms. The molecule has 0 spiro atoms. The summed E-state index contributed by atoms with van der Waals surface area (Å²) >= 11 is 1.87. The van der Waals surface area contributed by atoms with Crippen LogP contribution in [0.4, 0.5) is 4.79 Å². The standard InChI is InChI=1S/C12H25N3O4.C10H16N2O3S/c13-8-4-3-6-10(12(18)19)15-14-9-5-1-2-7-11(16)17;13-8(14)4-2-1-3-7-9-6(5-16-7)11-10(15)12-9/h10,14-15H,1-9,13H2,(H,16,17)(H,18,19);6-7,9H,1-5H2,(H,13,14)(H2,11,12,15)/t10-;6-,7-,9-/m00/s1. The van der Waals surface area contributed by atoms with Crippen LogP contribution in [0.1, 0.15) is 70.6 Å². The van der Waals surface area contributed by atoms with Crippen molar-refractivity contribution < 1.29 is 34.5 Å². The normalized spacial score (nSPS) is 21.3. The maximum atomic E-state index is 11.1. The first-order valence-corrected chi connectivity index (χ1v) is 13.3. The Labute approximate surface area is 210 Å². The average molecular weight is 520 g/mol. The zero-order valence-corrected chi connectivity index (χ0v) is 21.0. The second kappa shape index (κ2) is 18.2. The maximum Gasteiger partial charge on any atom is 0.322 e. The Hall–Kier alpha value is -2.09. The van der Waals surface area contributed by atoms with Gasteiger partial charge in [0.05, 0.1) is 12.1 Å². The van der Waals surface area contributed by atoms with Gasteiger partial charge in [0.15, 0.2) is 0 Å². The van der Waals surface area contributed by atoms with Gasteiger partial charge in [-0.05, 0) is 51.5 Å². The van der Waals surface area contributed by atoms with E-state index in [1.165, 1.54) is 0 Å². The number of carboxylic acids is 3. The fraction of sp³-hybridized carbons (Fsp3) is 0.818. The number of thioether (sulfide) groups is 1. The Kier molecular flexibility index (Phi) is 16.1. The van der Waals surface area contributed by atoms with Gasteiger partial charge in [0.1, 0.15) is 6.04 Å². The molecular weight excluding hydrogens is 478 g/mol. The van der Waals surface area contributed by atoms with E-state index in [4.69, 9.17) is 21.1 Å². The molecular formula is C22H41N5O7S. The number of nitrogens with one attached hydrogen (secondary N) is 4. The summed E-state index contributed by atoms with van der Waals surface area (Å²) < 4.78 is 0. The Morgan fingerprint density at radius 3 is 2.29 bits per heavy atom. The predicted molar refractivity (Wildman–Crippen MR) is 133 cm³/mol. The van der Waals surface area contributed by atoms with Gasteiger partial charge in [0.2, 0.25) is 0 Å². The molecule has 0 radical (unpaired) electrons. The molecule has 2 aliphatic rings. The first-order chi connectivity index (χ1) is 16.7. The molecule has 2 fully saturated rings. The zero-order valence-electron chi connectivity index (χ0n) is 20.2. The molecule has 35 heavy (non-hydrogen) atoms. The molecule has 2 rings (SSSR count). The highest BCUT2D eigenvalue weighted by molar-refractivity contribution is 8.00. The number of nitrogens with two attached hydrogens (primary N) is 1. The molecule has 0 aromatic rings. The number of hydrogen-bond acceptors (Lipinski definition) is 8. The molecule has 202 valence electrons. The number of fused-ring (bicyclic) bond motifs is 1. The summed E-state index contributed by atoms with van der Waals surface area (Å²) in [6, 6.07) is -0.166. The average Bonchev–Trinajstić information content (AvgIpc) is 3.34. The summed E-state index contributed by atoms with van der Waals surface area (Å²) in [7, 11) is 0. The van der Waals surface area contributed by atoms with E-state index in [9.17, 15) is 19.2 Å². The molecule has 2 amide bonds. The monoisotopic (exact) mass is 519 g/mol. The molecule has 2 aliphatic heterocycles. The summed E-state index contributed by atoms with van der Waals surface area (Å²) in [6.07, 6.45) is 7.48. The summed E-state index contributed by atoms with van der Waals surface area (Å²) in [6.45, 7) is 1.20. The van der Waals surface area contributed by atoms with Crippen molar-refractivity contribution in [2.45, 2.75) is 94.0 Å². The maximum absolute atomic E-state index is 11.1. The number of rotatable bonds is 18. The van der Waals surface area contributed by atoms with Gasteiger partial charge < -0.3 is 31.7 Å². The van der Waals surface area contributed by atoms with E-state index in [2.05, 4.69) is 21.5 Å². The minimum Gasteiger partial charge on any atom is -0.481 e. The molecule has 4 atom stereocenters. The molecule has 2 saturated heterocycles. The molecule has 0 unspecified atom stereocenters. The van der Waals surface area contributed by atoms with Crippen molar-refractivity contribution in [3.8, 4) is 0 Å². The lowest BCUT2D eigenvalue weighted by atomic mass is 10.0. The Morgan fingerprint density at radius 2 is 1.66 bits per heavy atom. The Balaban J connectivity index is 0.000000353. The molecule has 0 aromatic carbocycles. The summed E-state index contributed by atoms with van der Waals surface area (Å²) in [5.74, 6) is -1.42. The van der Waals surface area contributed by atoms with Gasteiger partial charge in [0.25, 0.3) is 0 Å². The van der Waals surface area contributed by atoms with Crippen LogP contribution < -0.4 is 27.2 Å². The van der Waals surface area contributed by atoms with Gasteiger partial charge in [-0.2, -0.15) is 11.8 Å². The summed E-state index contributed by atoms with van der Waals surface area (Å²) in [5, 5.41) is 32.2. The lowest BCUT2D eigenvalue weighted by Gasteiger charge is -2.16. The van der Waals surface area contributed by atoms with E-state index in [0.29, 0.717) is 31.2 Å². The number of carbonyl (C=O) groups is 4. The number of aliphatic carboxylic acids is 3.